The third-order valence-electron chi connectivity index (χ3n) is 5.69. The quantitative estimate of drug-likeness (QED) is 0.235. The highest BCUT2D eigenvalue weighted by atomic mass is 19.4. The number of aliphatic hydroxyl groups excluding tert-OH is 3. The molecular formula is C25H33F3O6. The van der Waals surface area contributed by atoms with Gasteiger partial charge in [0.05, 0.1) is 24.4 Å². The van der Waals surface area contributed by atoms with Crippen LogP contribution in [0, 0.1) is 11.8 Å². The van der Waals surface area contributed by atoms with Gasteiger partial charge >= 0.3 is 12.1 Å². The molecular weight excluding hydrogens is 453 g/mol. The van der Waals surface area contributed by atoms with Crippen LogP contribution in [0.5, 0.6) is 5.75 Å². The molecule has 9 heteroatoms. The number of hydrogen-bond acceptors (Lipinski definition) is 6. The summed E-state index contributed by atoms with van der Waals surface area (Å²) >= 11 is 0. The maximum Gasteiger partial charge on any atom is 0.416 e. The number of carbonyl (C=O) groups is 1. The number of ether oxygens (including phenoxy) is 2. The monoisotopic (exact) mass is 486 g/mol. The van der Waals surface area contributed by atoms with Crippen LogP contribution in [0.4, 0.5) is 13.2 Å². The molecule has 1 saturated carbocycles. The van der Waals surface area contributed by atoms with Crippen molar-refractivity contribution in [3.05, 3.63) is 54.1 Å². The van der Waals surface area contributed by atoms with E-state index < -0.39 is 30.1 Å². The van der Waals surface area contributed by atoms with Crippen molar-refractivity contribution in [2.75, 3.05) is 13.2 Å². The van der Waals surface area contributed by atoms with Crippen molar-refractivity contribution in [1.29, 1.82) is 0 Å². The van der Waals surface area contributed by atoms with E-state index in [1.54, 1.807) is 13.0 Å². The van der Waals surface area contributed by atoms with Gasteiger partial charge in [0.25, 0.3) is 0 Å². The zero-order valence-electron chi connectivity index (χ0n) is 19.2. The van der Waals surface area contributed by atoms with Gasteiger partial charge in [-0.3, -0.25) is 4.79 Å². The lowest BCUT2D eigenvalue weighted by Gasteiger charge is -2.19. The largest absolute Gasteiger partial charge is 0.491 e. The van der Waals surface area contributed by atoms with E-state index in [1.165, 1.54) is 18.2 Å². The van der Waals surface area contributed by atoms with Crippen molar-refractivity contribution >= 4 is 5.97 Å². The first-order valence-electron chi connectivity index (χ1n) is 11.4. The molecule has 3 N–H and O–H groups in total. The molecule has 6 nitrogen and oxygen atoms in total. The van der Waals surface area contributed by atoms with Gasteiger partial charge in [0.1, 0.15) is 18.5 Å². The summed E-state index contributed by atoms with van der Waals surface area (Å²) < 4.78 is 48.5. The highest BCUT2D eigenvalue weighted by Gasteiger charge is 2.39. The molecule has 0 spiro atoms. The van der Waals surface area contributed by atoms with Crippen molar-refractivity contribution in [2.45, 2.75) is 63.5 Å². The van der Waals surface area contributed by atoms with Crippen LogP contribution in [0.3, 0.4) is 0 Å². The molecule has 0 bridgehead atoms. The molecule has 1 aliphatic rings. The molecule has 0 aliphatic heterocycles. The maximum absolute atomic E-state index is 12.8. The lowest BCUT2D eigenvalue weighted by atomic mass is 9.89. The Balaban J connectivity index is 1.84. The van der Waals surface area contributed by atoms with E-state index in [9.17, 15) is 33.3 Å². The van der Waals surface area contributed by atoms with Crippen LogP contribution in [-0.2, 0) is 15.7 Å². The molecule has 1 aliphatic carbocycles. The van der Waals surface area contributed by atoms with Crippen LogP contribution < -0.4 is 4.74 Å². The van der Waals surface area contributed by atoms with E-state index in [4.69, 9.17) is 9.47 Å². The predicted molar refractivity (Wildman–Crippen MR) is 120 cm³/mol. The highest BCUT2D eigenvalue weighted by Crippen LogP contribution is 2.36. The fraction of sp³-hybridized carbons (Fsp3) is 0.560. The van der Waals surface area contributed by atoms with Crippen LogP contribution in [0.2, 0.25) is 0 Å². The molecule has 0 unspecified atom stereocenters. The number of unbranched alkanes of at least 4 members (excludes halogenated alkanes) is 1. The average molecular weight is 487 g/mol. The van der Waals surface area contributed by atoms with Crippen molar-refractivity contribution in [3.8, 4) is 5.75 Å². The first-order chi connectivity index (χ1) is 16.1. The van der Waals surface area contributed by atoms with Gasteiger partial charge in [0.15, 0.2) is 0 Å². The van der Waals surface area contributed by atoms with Crippen LogP contribution in [-0.4, -0.2) is 52.8 Å². The Kier molecular flexibility index (Phi) is 11.1. The second-order valence-corrected chi connectivity index (χ2v) is 8.30. The van der Waals surface area contributed by atoms with Crippen LogP contribution in [0.15, 0.2) is 48.6 Å². The molecule has 0 saturated heterocycles. The summed E-state index contributed by atoms with van der Waals surface area (Å²) in [5.41, 5.74) is -0.838. The molecule has 0 radical (unpaired) electrons. The Bertz CT molecular complexity index is 823. The fourth-order valence-electron chi connectivity index (χ4n) is 3.93. The number of benzene rings is 1. The van der Waals surface area contributed by atoms with Crippen molar-refractivity contribution in [1.82, 2.24) is 0 Å². The number of halogens is 3. The molecule has 1 aromatic rings. The minimum absolute atomic E-state index is 0.00966. The molecule has 0 heterocycles. The summed E-state index contributed by atoms with van der Waals surface area (Å²) in [5, 5.41) is 30.8. The molecule has 190 valence electrons. The van der Waals surface area contributed by atoms with Gasteiger partial charge in [-0.25, -0.2) is 0 Å². The maximum atomic E-state index is 12.8. The van der Waals surface area contributed by atoms with E-state index in [0.29, 0.717) is 32.3 Å². The minimum Gasteiger partial charge on any atom is -0.491 e. The van der Waals surface area contributed by atoms with Crippen LogP contribution in [0.25, 0.3) is 0 Å². The number of allylic oxidation sites excluding steroid dienone is 2. The van der Waals surface area contributed by atoms with Crippen molar-refractivity contribution in [2.24, 2.45) is 11.8 Å². The molecule has 1 aromatic carbocycles. The van der Waals surface area contributed by atoms with E-state index in [0.717, 1.165) is 12.1 Å². The molecule has 2 rings (SSSR count). The summed E-state index contributed by atoms with van der Waals surface area (Å²) in [6.07, 6.45) is 2.25. The number of carbonyl (C=O) groups excluding carboxylic acids is 1. The molecule has 0 aromatic heterocycles. The Morgan fingerprint density at radius 3 is 2.71 bits per heavy atom. The normalized spacial score (nSPS) is 24.1. The average Bonchev–Trinajstić information content (AvgIpc) is 3.05. The second-order valence-electron chi connectivity index (χ2n) is 8.30. The Hall–Kier alpha value is -2.36. The molecule has 1 fully saturated rings. The number of hydrogen-bond donors (Lipinski definition) is 3. The van der Waals surface area contributed by atoms with Crippen molar-refractivity contribution < 1.29 is 42.8 Å². The van der Waals surface area contributed by atoms with Gasteiger partial charge in [0, 0.05) is 18.8 Å². The summed E-state index contributed by atoms with van der Waals surface area (Å²) in [6, 6.07) is 4.40. The van der Waals surface area contributed by atoms with Gasteiger partial charge in [0.2, 0.25) is 0 Å². The third-order valence-corrected chi connectivity index (χ3v) is 5.69. The zero-order valence-corrected chi connectivity index (χ0v) is 19.2. The van der Waals surface area contributed by atoms with Crippen LogP contribution >= 0.6 is 0 Å². The van der Waals surface area contributed by atoms with E-state index in [2.05, 4.69) is 0 Å². The third kappa shape index (κ3) is 9.12. The first kappa shape index (κ1) is 27.9. The van der Waals surface area contributed by atoms with E-state index in [-0.39, 0.29) is 36.6 Å². The SMILES string of the molecule is CCOC(=O)CCCC=CC[C@@H]1[C@@H](/C=C/[C@@H](O)COc2cccc(C(F)(F)F)c2)[C@H](O)C[C@@H]1O. The lowest BCUT2D eigenvalue weighted by molar-refractivity contribution is -0.143. The van der Waals surface area contributed by atoms with Gasteiger partial charge in [-0.05, 0) is 50.3 Å². The second kappa shape index (κ2) is 13.5. The fourth-order valence-corrected chi connectivity index (χ4v) is 3.93. The van der Waals surface area contributed by atoms with E-state index in [1.807, 2.05) is 12.2 Å². The summed E-state index contributed by atoms with van der Waals surface area (Å²) in [4.78, 5) is 11.3. The van der Waals surface area contributed by atoms with Crippen molar-refractivity contribution in [3.63, 3.8) is 0 Å². The van der Waals surface area contributed by atoms with Gasteiger partial charge in [-0.1, -0.05) is 30.4 Å². The first-order valence-corrected chi connectivity index (χ1v) is 11.4. The van der Waals surface area contributed by atoms with E-state index >= 15 is 0 Å². The Morgan fingerprint density at radius 1 is 1.24 bits per heavy atom. The highest BCUT2D eigenvalue weighted by molar-refractivity contribution is 5.69. The zero-order chi connectivity index (χ0) is 25.1. The Labute approximate surface area is 197 Å². The topological polar surface area (TPSA) is 96.2 Å². The molecule has 34 heavy (non-hydrogen) atoms. The minimum atomic E-state index is -4.48. The smallest absolute Gasteiger partial charge is 0.416 e. The Morgan fingerprint density at radius 2 is 2.00 bits per heavy atom. The number of rotatable bonds is 12. The summed E-state index contributed by atoms with van der Waals surface area (Å²) in [5.74, 6) is -0.873. The predicted octanol–water partition coefficient (Wildman–Crippen LogP) is 4.04. The molecule has 0 amide bonds. The van der Waals surface area contributed by atoms with Crippen LogP contribution in [0.1, 0.15) is 44.6 Å². The van der Waals surface area contributed by atoms with Gasteiger partial charge in [-0.15, -0.1) is 0 Å². The lowest BCUT2D eigenvalue weighted by Crippen LogP contribution is -2.21. The summed E-state index contributed by atoms with van der Waals surface area (Å²) in [7, 11) is 0. The number of alkyl halides is 3. The van der Waals surface area contributed by atoms with Gasteiger partial charge < -0.3 is 24.8 Å². The number of esters is 1. The standard InChI is InChI=1S/C25H33F3O6/c1-2-33-24(32)11-6-4-3-5-10-20-21(23(31)15-22(20)30)13-12-18(29)16-34-19-9-7-8-17(14-19)25(26,27)28/h3,5,7-9,12-14,18,20-23,29-31H,2,4,6,10-11,15-16H2,1H3/b5-3?,13-12+/t18-,20-,21-,22+,23-/m1/s1. The van der Waals surface area contributed by atoms with Gasteiger partial charge in [-0.2, -0.15) is 13.2 Å². The number of aliphatic hydroxyl groups is 3. The summed E-state index contributed by atoms with van der Waals surface area (Å²) in [6.45, 7) is 1.86. The molecule has 5 atom stereocenters.